The SMILES string of the molecule is CCNS(=O)(=O)c1ccc2c(c1)N(C(=O)CCc1ccccc1N)CC2.Cl. The molecule has 1 amide bonds. The summed E-state index contributed by atoms with van der Waals surface area (Å²) in [6.45, 7) is 2.62. The number of hydrogen-bond donors (Lipinski definition) is 2. The van der Waals surface area contributed by atoms with Gasteiger partial charge in [0.15, 0.2) is 0 Å². The first-order chi connectivity index (χ1) is 12.4. The maximum atomic E-state index is 12.7. The molecular formula is C19H24ClN3O3S. The van der Waals surface area contributed by atoms with Gasteiger partial charge in [-0.2, -0.15) is 0 Å². The number of sulfonamides is 1. The number of anilines is 2. The summed E-state index contributed by atoms with van der Waals surface area (Å²) in [5.41, 5.74) is 9.25. The van der Waals surface area contributed by atoms with Crippen LogP contribution in [0.2, 0.25) is 0 Å². The molecule has 146 valence electrons. The van der Waals surface area contributed by atoms with Crippen molar-refractivity contribution in [3.63, 3.8) is 0 Å². The lowest BCUT2D eigenvalue weighted by molar-refractivity contribution is -0.118. The summed E-state index contributed by atoms with van der Waals surface area (Å²) in [6.07, 6.45) is 1.63. The Morgan fingerprint density at radius 2 is 1.96 bits per heavy atom. The Morgan fingerprint density at radius 3 is 2.67 bits per heavy atom. The number of aryl methyl sites for hydroxylation is 1. The summed E-state index contributed by atoms with van der Waals surface area (Å²) < 4.78 is 26.9. The molecule has 1 aliphatic rings. The number of benzene rings is 2. The van der Waals surface area contributed by atoms with E-state index in [4.69, 9.17) is 5.73 Å². The lowest BCUT2D eigenvalue weighted by Gasteiger charge is -2.18. The molecular weight excluding hydrogens is 386 g/mol. The highest BCUT2D eigenvalue weighted by atomic mass is 35.5. The number of carbonyl (C=O) groups excluding carboxylic acids is 1. The molecule has 2 aromatic rings. The summed E-state index contributed by atoms with van der Waals surface area (Å²) in [5.74, 6) is -0.0231. The standard InChI is InChI=1S/C19H23N3O3S.ClH/c1-2-21-26(24,25)16-9-7-15-11-12-22(18(15)13-16)19(23)10-8-14-5-3-4-6-17(14)20;/h3-7,9,13,21H,2,8,10-12,20H2,1H3;1H. The average molecular weight is 410 g/mol. The van der Waals surface area contributed by atoms with E-state index in [2.05, 4.69) is 4.72 Å². The third-order valence-corrected chi connectivity index (χ3v) is 6.10. The molecule has 0 radical (unpaired) electrons. The number of nitrogen functional groups attached to an aromatic ring is 1. The molecule has 3 rings (SSSR count). The van der Waals surface area contributed by atoms with Gasteiger partial charge in [-0.1, -0.05) is 31.2 Å². The molecule has 0 spiro atoms. The lowest BCUT2D eigenvalue weighted by atomic mass is 10.1. The number of nitrogens with zero attached hydrogens (tertiary/aromatic N) is 1. The maximum absolute atomic E-state index is 12.7. The summed E-state index contributed by atoms with van der Waals surface area (Å²) in [4.78, 5) is 14.6. The van der Waals surface area contributed by atoms with Crippen LogP contribution in [0.25, 0.3) is 0 Å². The fraction of sp³-hybridized carbons (Fsp3) is 0.316. The monoisotopic (exact) mass is 409 g/mol. The minimum absolute atomic E-state index is 0. The number of para-hydroxylation sites is 1. The van der Waals surface area contributed by atoms with Crippen molar-refractivity contribution in [3.8, 4) is 0 Å². The molecule has 8 heteroatoms. The van der Waals surface area contributed by atoms with Gasteiger partial charge in [0, 0.05) is 30.9 Å². The normalized spacial score (nSPS) is 13.1. The van der Waals surface area contributed by atoms with E-state index in [9.17, 15) is 13.2 Å². The van der Waals surface area contributed by atoms with Gasteiger partial charge in [-0.25, -0.2) is 13.1 Å². The summed E-state index contributed by atoms with van der Waals surface area (Å²) in [5, 5.41) is 0. The Kier molecular flexibility index (Phi) is 6.86. The quantitative estimate of drug-likeness (QED) is 0.717. The van der Waals surface area contributed by atoms with E-state index in [1.54, 1.807) is 30.0 Å². The van der Waals surface area contributed by atoms with Gasteiger partial charge >= 0.3 is 0 Å². The third kappa shape index (κ3) is 4.61. The molecule has 0 aromatic heterocycles. The fourth-order valence-corrected chi connectivity index (χ4v) is 4.26. The van der Waals surface area contributed by atoms with Gasteiger partial charge < -0.3 is 10.6 Å². The number of carbonyl (C=O) groups is 1. The fourth-order valence-electron chi connectivity index (χ4n) is 3.20. The van der Waals surface area contributed by atoms with Crippen LogP contribution in [-0.4, -0.2) is 27.4 Å². The van der Waals surface area contributed by atoms with E-state index in [0.717, 1.165) is 17.5 Å². The highest BCUT2D eigenvalue weighted by molar-refractivity contribution is 7.89. The summed E-state index contributed by atoms with van der Waals surface area (Å²) in [7, 11) is -3.55. The van der Waals surface area contributed by atoms with Crippen molar-refractivity contribution >= 4 is 39.7 Å². The molecule has 1 aliphatic heterocycles. The van der Waals surface area contributed by atoms with E-state index in [1.807, 2.05) is 24.3 Å². The predicted molar refractivity (Wildman–Crippen MR) is 110 cm³/mol. The molecule has 0 saturated heterocycles. The van der Waals surface area contributed by atoms with Crippen LogP contribution < -0.4 is 15.4 Å². The first-order valence-electron chi connectivity index (χ1n) is 8.68. The molecule has 2 aromatic carbocycles. The predicted octanol–water partition coefficient (Wildman–Crippen LogP) is 2.51. The maximum Gasteiger partial charge on any atom is 0.240 e. The minimum atomic E-state index is -3.55. The van der Waals surface area contributed by atoms with E-state index < -0.39 is 10.0 Å². The molecule has 0 bridgehead atoms. The van der Waals surface area contributed by atoms with Crippen LogP contribution in [0, 0.1) is 0 Å². The molecule has 3 N–H and O–H groups in total. The number of fused-ring (bicyclic) bond motifs is 1. The molecule has 0 unspecified atom stereocenters. The molecule has 0 fully saturated rings. The van der Waals surface area contributed by atoms with Crippen molar-refractivity contribution in [2.24, 2.45) is 0 Å². The summed E-state index contributed by atoms with van der Waals surface area (Å²) in [6, 6.07) is 12.5. The minimum Gasteiger partial charge on any atom is -0.399 e. The zero-order chi connectivity index (χ0) is 18.7. The van der Waals surface area contributed by atoms with Gasteiger partial charge in [0.2, 0.25) is 15.9 Å². The Labute approximate surface area is 166 Å². The topological polar surface area (TPSA) is 92.5 Å². The van der Waals surface area contributed by atoms with Crippen LogP contribution in [0.3, 0.4) is 0 Å². The number of amides is 1. The zero-order valence-electron chi connectivity index (χ0n) is 15.1. The molecule has 0 aliphatic carbocycles. The van der Waals surface area contributed by atoms with Crippen LogP contribution in [0.5, 0.6) is 0 Å². The van der Waals surface area contributed by atoms with Gasteiger partial charge in [-0.3, -0.25) is 4.79 Å². The van der Waals surface area contributed by atoms with Gasteiger partial charge in [0.05, 0.1) is 4.90 Å². The Morgan fingerprint density at radius 1 is 1.22 bits per heavy atom. The lowest BCUT2D eigenvalue weighted by Crippen LogP contribution is -2.29. The first kappa shape index (κ1) is 21.2. The van der Waals surface area contributed by atoms with Gasteiger partial charge in [0.25, 0.3) is 0 Å². The van der Waals surface area contributed by atoms with Crippen LogP contribution in [-0.2, 0) is 27.7 Å². The molecule has 27 heavy (non-hydrogen) atoms. The highest BCUT2D eigenvalue weighted by Crippen LogP contribution is 2.31. The molecule has 0 saturated carbocycles. The van der Waals surface area contributed by atoms with Crippen molar-refractivity contribution in [2.75, 3.05) is 23.7 Å². The molecule has 0 atom stereocenters. The Hall–Kier alpha value is -2.09. The van der Waals surface area contributed by atoms with Crippen LogP contribution in [0.1, 0.15) is 24.5 Å². The molecule has 1 heterocycles. The number of rotatable bonds is 6. The van der Waals surface area contributed by atoms with E-state index in [1.165, 1.54) is 0 Å². The third-order valence-electron chi connectivity index (χ3n) is 4.56. The van der Waals surface area contributed by atoms with Gasteiger partial charge in [-0.15, -0.1) is 12.4 Å². The van der Waals surface area contributed by atoms with Gasteiger partial charge in [0.1, 0.15) is 0 Å². The summed E-state index contributed by atoms with van der Waals surface area (Å²) >= 11 is 0. The number of nitrogens with one attached hydrogen (secondary N) is 1. The van der Waals surface area contributed by atoms with E-state index in [0.29, 0.717) is 37.3 Å². The van der Waals surface area contributed by atoms with Crippen molar-refractivity contribution in [1.29, 1.82) is 0 Å². The van der Waals surface area contributed by atoms with Crippen LogP contribution in [0.4, 0.5) is 11.4 Å². The second kappa shape index (κ2) is 8.73. The van der Waals surface area contributed by atoms with E-state index in [-0.39, 0.29) is 23.2 Å². The number of hydrogen-bond acceptors (Lipinski definition) is 4. The van der Waals surface area contributed by atoms with Gasteiger partial charge in [-0.05, 0) is 42.2 Å². The smallest absolute Gasteiger partial charge is 0.240 e. The van der Waals surface area contributed by atoms with Crippen molar-refractivity contribution in [3.05, 3.63) is 53.6 Å². The highest BCUT2D eigenvalue weighted by Gasteiger charge is 2.26. The Balaban J connectivity index is 0.00000261. The van der Waals surface area contributed by atoms with Crippen molar-refractivity contribution in [1.82, 2.24) is 4.72 Å². The van der Waals surface area contributed by atoms with Crippen molar-refractivity contribution < 1.29 is 13.2 Å². The Bertz CT molecular complexity index is 932. The molecule has 6 nitrogen and oxygen atoms in total. The second-order valence-corrected chi connectivity index (χ2v) is 8.05. The largest absolute Gasteiger partial charge is 0.399 e. The zero-order valence-corrected chi connectivity index (χ0v) is 16.8. The average Bonchev–Trinajstić information content (AvgIpc) is 3.04. The van der Waals surface area contributed by atoms with Crippen molar-refractivity contribution in [2.45, 2.75) is 31.1 Å². The second-order valence-electron chi connectivity index (χ2n) is 6.29. The van der Waals surface area contributed by atoms with Crippen LogP contribution >= 0.6 is 12.4 Å². The number of halogens is 1. The van der Waals surface area contributed by atoms with E-state index >= 15 is 0 Å². The van der Waals surface area contributed by atoms with Crippen LogP contribution in [0.15, 0.2) is 47.4 Å². The number of nitrogens with two attached hydrogens (primary N) is 1. The first-order valence-corrected chi connectivity index (χ1v) is 10.2.